The Balaban J connectivity index is 1.76. The minimum absolute atomic E-state index is 0.701. The zero-order valence-corrected chi connectivity index (χ0v) is 10.3. The smallest absolute Gasteiger partial charge is 0.0208 e. The van der Waals surface area contributed by atoms with Crippen molar-refractivity contribution < 1.29 is 0 Å². The molecule has 0 bridgehead atoms. The van der Waals surface area contributed by atoms with Crippen molar-refractivity contribution in [2.24, 2.45) is 0 Å². The molecule has 0 aromatic heterocycles. The van der Waals surface area contributed by atoms with Crippen LogP contribution in [0.25, 0.3) is 0 Å². The first-order valence-electron chi connectivity index (χ1n) is 6.19. The number of benzene rings is 1. The maximum absolute atomic E-state index is 3.66. The first-order chi connectivity index (χ1) is 7.75. The largest absolute Gasteiger partial charge is 0.310 e. The second-order valence-corrected chi connectivity index (χ2v) is 4.99. The molecule has 1 N–H and O–H groups in total. The Labute approximate surface area is 98.7 Å². The minimum atomic E-state index is 0.701. The van der Waals surface area contributed by atoms with Crippen molar-refractivity contribution in [3.8, 4) is 0 Å². The SMILES string of the molecule is CN(C)C1CCC(NCc2ccccc2)C1. The van der Waals surface area contributed by atoms with E-state index in [9.17, 15) is 0 Å². The lowest BCUT2D eigenvalue weighted by Gasteiger charge is -2.19. The van der Waals surface area contributed by atoms with Crippen molar-refractivity contribution >= 4 is 0 Å². The number of nitrogens with one attached hydrogen (secondary N) is 1. The summed E-state index contributed by atoms with van der Waals surface area (Å²) in [5.74, 6) is 0. The molecule has 1 aromatic carbocycles. The van der Waals surface area contributed by atoms with Crippen LogP contribution in [0.3, 0.4) is 0 Å². The number of hydrogen-bond donors (Lipinski definition) is 1. The molecule has 2 nitrogen and oxygen atoms in total. The molecule has 0 saturated heterocycles. The Morgan fingerprint density at radius 3 is 2.56 bits per heavy atom. The fourth-order valence-electron chi connectivity index (χ4n) is 2.47. The fraction of sp³-hybridized carbons (Fsp3) is 0.571. The van der Waals surface area contributed by atoms with Gasteiger partial charge in [0.05, 0.1) is 0 Å². The molecule has 16 heavy (non-hydrogen) atoms. The van der Waals surface area contributed by atoms with E-state index in [0.29, 0.717) is 6.04 Å². The molecule has 1 aliphatic rings. The predicted molar refractivity (Wildman–Crippen MR) is 68.4 cm³/mol. The first kappa shape index (κ1) is 11.6. The first-order valence-corrected chi connectivity index (χ1v) is 6.19. The Hall–Kier alpha value is -0.860. The average Bonchev–Trinajstić information content (AvgIpc) is 2.76. The molecule has 1 aromatic rings. The van der Waals surface area contributed by atoms with Crippen LogP contribution in [0.15, 0.2) is 30.3 Å². The molecule has 1 saturated carbocycles. The van der Waals surface area contributed by atoms with Crippen LogP contribution in [0, 0.1) is 0 Å². The van der Waals surface area contributed by atoms with E-state index >= 15 is 0 Å². The second-order valence-electron chi connectivity index (χ2n) is 4.99. The molecule has 2 heteroatoms. The summed E-state index contributed by atoms with van der Waals surface area (Å²) < 4.78 is 0. The molecule has 0 amide bonds. The van der Waals surface area contributed by atoms with Crippen LogP contribution in [-0.4, -0.2) is 31.1 Å². The van der Waals surface area contributed by atoms with Crippen LogP contribution < -0.4 is 5.32 Å². The Kier molecular flexibility index (Phi) is 3.97. The van der Waals surface area contributed by atoms with Gasteiger partial charge in [0.15, 0.2) is 0 Å². The van der Waals surface area contributed by atoms with E-state index in [1.54, 1.807) is 0 Å². The molecule has 88 valence electrons. The van der Waals surface area contributed by atoms with Crippen molar-refractivity contribution in [1.82, 2.24) is 10.2 Å². The molecule has 2 atom stereocenters. The van der Waals surface area contributed by atoms with Crippen LogP contribution >= 0.6 is 0 Å². The number of rotatable bonds is 4. The summed E-state index contributed by atoms with van der Waals surface area (Å²) in [5.41, 5.74) is 1.39. The van der Waals surface area contributed by atoms with E-state index in [0.717, 1.165) is 12.6 Å². The third-order valence-electron chi connectivity index (χ3n) is 3.57. The van der Waals surface area contributed by atoms with E-state index in [1.165, 1.54) is 24.8 Å². The van der Waals surface area contributed by atoms with Crippen LogP contribution in [-0.2, 0) is 6.54 Å². The lowest BCUT2D eigenvalue weighted by Crippen LogP contribution is -2.30. The number of hydrogen-bond acceptors (Lipinski definition) is 2. The molecule has 0 radical (unpaired) electrons. The second kappa shape index (κ2) is 5.46. The van der Waals surface area contributed by atoms with Crippen molar-refractivity contribution in [2.75, 3.05) is 14.1 Å². The van der Waals surface area contributed by atoms with E-state index in [1.807, 2.05) is 0 Å². The van der Waals surface area contributed by atoms with Crippen LogP contribution in [0.5, 0.6) is 0 Å². The quantitative estimate of drug-likeness (QED) is 0.834. The highest BCUT2D eigenvalue weighted by molar-refractivity contribution is 5.14. The van der Waals surface area contributed by atoms with Gasteiger partial charge in [0.25, 0.3) is 0 Å². The third-order valence-corrected chi connectivity index (χ3v) is 3.57. The van der Waals surface area contributed by atoms with Gasteiger partial charge in [0, 0.05) is 18.6 Å². The number of nitrogens with zero attached hydrogens (tertiary/aromatic N) is 1. The van der Waals surface area contributed by atoms with Crippen LogP contribution in [0.4, 0.5) is 0 Å². The summed E-state index contributed by atoms with van der Waals surface area (Å²) >= 11 is 0. The molecular weight excluding hydrogens is 196 g/mol. The lowest BCUT2D eigenvalue weighted by atomic mass is 10.2. The van der Waals surface area contributed by atoms with E-state index in [4.69, 9.17) is 0 Å². The standard InChI is InChI=1S/C14H22N2/c1-16(2)14-9-8-13(10-14)15-11-12-6-4-3-5-7-12/h3-7,13-15H,8-11H2,1-2H3. The van der Waals surface area contributed by atoms with Gasteiger partial charge < -0.3 is 10.2 Å². The summed E-state index contributed by atoms with van der Waals surface area (Å²) in [6.07, 6.45) is 3.94. The topological polar surface area (TPSA) is 15.3 Å². The maximum atomic E-state index is 3.66. The third kappa shape index (κ3) is 3.06. The zero-order valence-electron chi connectivity index (χ0n) is 10.3. The van der Waals surface area contributed by atoms with E-state index in [-0.39, 0.29) is 0 Å². The summed E-state index contributed by atoms with van der Waals surface area (Å²) in [7, 11) is 4.37. The summed E-state index contributed by atoms with van der Waals surface area (Å²) in [6, 6.07) is 12.1. The van der Waals surface area contributed by atoms with Crippen molar-refractivity contribution in [3.63, 3.8) is 0 Å². The van der Waals surface area contributed by atoms with Gasteiger partial charge in [-0.3, -0.25) is 0 Å². The highest BCUT2D eigenvalue weighted by atomic mass is 15.1. The van der Waals surface area contributed by atoms with Gasteiger partial charge in [-0.1, -0.05) is 30.3 Å². The zero-order chi connectivity index (χ0) is 11.4. The monoisotopic (exact) mass is 218 g/mol. The lowest BCUT2D eigenvalue weighted by molar-refractivity contribution is 0.293. The van der Waals surface area contributed by atoms with Gasteiger partial charge in [-0.15, -0.1) is 0 Å². The molecule has 0 heterocycles. The molecule has 1 aliphatic carbocycles. The minimum Gasteiger partial charge on any atom is -0.310 e. The van der Waals surface area contributed by atoms with E-state index < -0.39 is 0 Å². The van der Waals surface area contributed by atoms with Crippen molar-refractivity contribution in [1.29, 1.82) is 0 Å². The van der Waals surface area contributed by atoms with Gasteiger partial charge in [0.1, 0.15) is 0 Å². The molecule has 2 rings (SSSR count). The molecule has 0 spiro atoms. The molecule has 1 fully saturated rings. The van der Waals surface area contributed by atoms with Gasteiger partial charge in [-0.05, 0) is 38.9 Å². The summed E-state index contributed by atoms with van der Waals surface area (Å²) in [6.45, 7) is 1.01. The van der Waals surface area contributed by atoms with Crippen LogP contribution in [0.2, 0.25) is 0 Å². The highest BCUT2D eigenvalue weighted by Gasteiger charge is 2.25. The Morgan fingerprint density at radius 2 is 1.94 bits per heavy atom. The predicted octanol–water partition coefficient (Wildman–Crippen LogP) is 2.26. The molecule has 2 unspecified atom stereocenters. The average molecular weight is 218 g/mol. The van der Waals surface area contributed by atoms with Gasteiger partial charge in [-0.2, -0.15) is 0 Å². The fourth-order valence-corrected chi connectivity index (χ4v) is 2.47. The molecule has 0 aliphatic heterocycles. The van der Waals surface area contributed by atoms with Crippen molar-refractivity contribution in [3.05, 3.63) is 35.9 Å². The maximum Gasteiger partial charge on any atom is 0.0208 e. The molecular formula is C14H22N2. The van der Waals surface area contributed by atoms with E-state index in [2.05, 4.69) is 54.6 Å². The van der Waals surface area contributed by atoms with Gasteiger partial charge >= 0.3 is 0 Å². The Morgan fingerprint density at radius 1 is 1.19 bits per heavy atom. The van der Waals surface area contributed by atoms with Crippen LogP contribution in [0.1, 0.15) is 24.8 Å². The summed E-state index contributed by atoms with van der Waals surface area (Å²) in [5, 5.41) is 3.66. The van der Waals surface area contributed by atoms with Gasteiger partial charge in [-0.25, -0.2) is 0 Å². The normalized spacial score (nSPS) is 25.2. The van der Waals surface area contributed by atoms with Crippen molar-refractivity contribution in [2.45, 2.75) is 37.9 Å². The summed E-state index contributed by atoms with van der Waals surface area (Å²) in [4.78, 5) is 2.35. The Bertz CT molecular complexity index is 308. The highest BCUT2D eigenvalue weighted by Crippen LogP contribution is 2.22. The van der Waals surface area contributed by atoms with Gasteiger partial charge in [0.2, 0.25) is 0 Å².